The smallest absolute Gasteiger partial charge is 0.253 e. The van der Waals surface area contributed by atoms with Crippen LogP contribution in [0.1, 0.15) is 16.2 Å². The lowest BCUT2D eigenvalue weighted by Crippen LogP contribution is -2.36. The third-order valence-electron chi connectivity index (χ3n) is 5.54. The van der Waals surface area contributed by atoms with E-state index in [1.807, 2.05) is 24.3 Å². The molecular weight excluding hydrogens is 454 g/mol. The van der Waals surface area contributed by atoms with E-state index >= 15 is 0 Å². The van der Waals surface area contributed by atoms with Crippen LogP contribution in [0.3, 0.4) is 0 Å². The highest BCUT2D eigenvalue weighted by atomic mass is 32.1. The number of morpholine rings is 1. The Hall–Kier alpha value is -2.85. The van der Waals surface area contributed by atoms with Crippen molar-refractivity contribution in [3.63, 3.8) is 0 Å². The van der Waals surface area contributed by atoms with Crippen LogP contribution >= 0.6 is 22.7 Å². The zero-order valence-electron chi connectivity index (χ0n) is 18.6. The third kappa shape index (κ3) is 4.77. The van der Waals surface area contributed by atoms with Crippen molar-refractivity contribution >= 4 is 50.3 Å². The van der Waals surface area contributed by atoms with E-state index in [9.17, 15) is 4.79 Å². The molecule has 0 aliphatic carbocycles. The molecule has 4 heterocycles. The minimum atomic E-state index is -0.0170. The van der Waals surface area contributed by atoms with Crippen LogP contribution in [0.4, 0.5) is 11.5 Å². The van der Waals surface area contributed by atoms with Crippen LogP contribution in [0.25, 0.3) is 20.7 Å². The first-order valence-electron chi connectivity index (χ1n) is 10.8. The molecule has 9 heteroatoms. The second kappa shape index (κ2) is 9.56. The summed E-state index contributed by atoms with van der Waals surface area (Å²) in [6.45, 7) is 3.95. The van der Waals surface area contributed by atoms with Gasteiger partial charge in [-0.2, -0.15) is 0 Å². The number of carbonyl (C=O) groups excluding carboxylic acids is 1. The Bertz CT molecular complexity index is 1250. The third-order valence-corrected chi connectivity index (χ3v) is 7.31. The van der Waals surface area contributed by atoms with Crippen molar-refractivity contribution < 1.29 is 9.53 Å². The summed E-state index contributed by atoms with van der Waals surface area (Å²) in [5.41, 5.74) is 2.68. The second-order valence-corrected chi connectivity index (χ2v) is 9.89. The van der Waals surface area contributed by atoms with Crippen LogP contribution in [-0.4, -0.2) is 66.1 Å². The van der Waals surface area contributed by atoms with Crippen molar-refractivity contribution in [3.8, 4) is 10.4 Å². The first-order valence-corrected chi connectivity index (χ1v) is 12.6. The van der Waals surface area contributed by atoms with Crippen molar-refractivity contribution in [3.05, 3.63) is 58.5 Å². The Kier molecular flexibility index (Phi) is 6.37. The number of nitrogens with zero attached hydrogens (tertiary/aromatic N) is 4. The summed E-state index contributed by atoms with van der Waals surface area (Å²) < 4.78 is 5.48. The van der Waals surface area contributed by atoms with Crippen LogP contribution in [0.15, 0.2) is 47.2 Å². The molecule has 1 N–H and O–H groups in total. The molecule has 5 rings (SSSR count). The molecule has 4 aromatic rings. The fraction of sp³-hybridized carbons (Fsp3) is 0.292. The lowest BCUT2D eigenvalue weighted by atomic mass is 10.1. The molecule has 0 radical (unpaired) electrons. The number of aromatic nitrogens is 2. The summed E-state index contributed by atoms with van der Waals surface area (Å²) in [5, 5.41) is 8.77. The molecule has 1 aliphatic rings. The van der Waals surface area contributed by atoms with E-state index in [-0.39, 0.29) is 5.91 Å². The number of hydrogen-bond donors (Lipinski definition) is 1. The number of hydrogen-bond acceptors (Lipinski definition) is 8. The van der Waals surface area contributed by atoms with E-state index in [4.69, 9.17) is 14.7 Å². The summed E-state index contributed by atoms with van der Waals surface area (Å²) in [6, 6.07) is 11.7. The monoisotopic (exact) mass is 479 g/mol. The normalized spacial score (nSPS) is 14.5. The largest absolute Gasteiger partial charge is 0.379 e. The lowest BCUT2D eigenvalue weighted by Gasteiger charge is -2.25. The van der Waals surface area contributed by atoms with Crippen molar-refractivity contribution in [1.29, 1.82) is 0 Å². The molecule has 0 spiro atoms. The molecular formula is C24H25N5O2S2. The standard InChI is InChI=1S/C24H25N5O2S2/c1-28(2)24(30)16-5-7-17(8-6-16)25-22-21-18(19-4-3-13-32-19)15-33-23(21)27-20(26-22)14-29-9-11-31-12-10-29/h3-8,13,15H,9-12,14H2,1-2H3,(H,25,26,27). The van der Waals surface area contributed by atoms with Gasteiger partial charge in [0, 0.05) is 54.3 Å². The topological polar surface area (TPSA) is 70.6 Å². The predicted molar refractivity (Wildman–Crippen MR) is 135 cm³/mol. The molecule has 1 aromatic carbocycles. The maximum absolute atomic E-state index is 12.2. The Morgan fingerprint density at radius 3 is 2.61 bits per heavy atom. The number of amides is 1. The summed E-state index contributed by atoms with van der Waals surface area (Å²) in [6.07, 6.45) is 0. The van der Waals surface area contributed by atoms with Crippen molar-refractivity contribution in [2.75, 3.05) is 45.7 Å². The minimum Gasteiger partial charge on any atom is -0.379 e. The van der Waals surface area contributed by atoms with E-state index < -0.39 is 0 Å². The molecule has 0 unspecified atom stereocenters. The number of thiophene rings is 2. The number of carbonyl (C=O) groups is 1. The molecule has 33 heavy (non-hydrogen) atoms. The maximum Gasteiger partial charge on any atom is 0.253 e. The molecule has 1 saturated heterocycles. The summed E-state index contributed by atoms with van der Waals surface area (Å²) in [7, 11) is 3.51. The first-order chi connectivity index (χ1) is 16.1. The molecule has 0 saturated carbocycles. The van der Waals surface area contributed by atoms with Gasteiger partial charge in [-0.15, -0.1) is 22.7 Å². The van der Waals surface area contributed by atoms with Gasteiger partial charge in [0.15, 0.2) is 0 Å². The number of nitrogens with one attached hydrogen (secondary N) is 1. The van der Waals surface area contributed by atoms with Gasteiger partial charge < -0.3 is 15.0 Å². The van der Waals surface area contributed by atoms with Gasteiger partial charge in [-0.05, 0) is 35.7 Å². The van der Waals surface area contributed by atoms with Gasteiger partial charge in [-0.3, -0.25) is 9.69 Å². The zero-order chi connectivity index (χ0) is 22.8. The van der Waals surface area contributed by atoms with Crippen LogP contribution in [0.2, 0.25) is 0 Å². The maximum atomic E-state index is 12.2. The molecule has 1 fully saturated rings. The average molecular weight is 480 g/mol. The highest BCUT2D eigenvalue weighted by Gasteiger charge is 2.19. The molecule has 1 aliphatic heterocycles. The fourth-order valence-electron chi connectivity index (χ4n) is 3.81. The van der Waals surface area contributed by atoms with E-state index in [2.05, 4.69) is 33.1 Å². The molecule has 3 aromatic heterocycles. The Morgan fingerprint density at radius 2 is 1.91 bits per heavy atom. The van der Waals surface area contributed by atoms with E-state index in [0.717, 1.165) is 59.4 Å². The Balaban J connectivity index is 1.51. The summed E-state index contributed by atoms with van der Waals surface area (Å²) in [5.74, 6) is 1.57. The van der Waals surface area contributed by atoms with Gasteiger partial charge in [0.05, 0.1) is 25.1 Å². The van der Waals surface area contributed by atoms with Gasteiger partial charge in [-0.25, -0.2) is 9.97 Å². The van der Waals surface area contributed by atoms with Crippen molar-refractivity contribution in [1.82, 2.24) is 19.8 Å². The van der Waals surface area contributed by atoms with Gasteiger partial charge in [0.2, 0.25) is 0 Å². The quantitative estimate of drug-likeness (QED) is 0.432. The fourth-order valence-corrected chi connectivity index (χ4v) is 5.59. The number of rotatable bonds is 6. The predicted octanol–water partition coefficient (Wildman–Crippen LogP) is 4.70. The van der Waals surface area contributed by atoms with Gasteiger partial charge in [0.1, 0.15) is 16.5 Å². The van der Waals surface area contributed by atoms with E-state index in [1.165, 1.54) is 4.88 Å². The van der Waals surface area contributed by atoms with E-state index in [0.29, 0.717) is 12.1 Å². The molecule has 1 amide bonds. The van der Waals surface area contributed by atoms with Crippen LogP contribution in [0.5, 0.6) is 0 Å². The number of ether oxygens (including phenoxy) is 1. The Morgan fingerprint density at radius 1 is 1.12 bits per heavy atom. The summed E-state index contributed by atoms with van der Waals surface area (Å²) in [4.78, 5) is 28.2. The molecule has 0 atom stereocenters. The molecule has 170 valence electrons. The molecule has 7 nitrogen and oxygen atoms in total. The average Bonchev–Trinajstić information content (AvgIpc) is 3.50. The van der Waals surface area contributed by atoms with Crippen molar-refractivity contribution in [2.24, 2.45) is 0 Å². The van der Waals surface area contributed by atoms with Crippen LogP contribution < -0.4 is 5.32 Å². The lowest BCUT2D eigenvalue weighted by molar-refractivity contribution is 0.0331. The van der Waals surface area contributed by atoms with Crippen LogP contribution in [0, 0.1) is 0 Å². The minimum absolute atomic E-state index is 0.0170. The highest BCUT2D eigenvalue weighted by molar-refractivity contribution is 7.18. The summed E-state index contributed by atoms with van der Waals surface area (Å²) >= 11 is 3.35. The zero-order valence-corrected chi connectivity index (χ0v) is 20.2. The Labute approximate surface area is 200 Å². The first kappa shape index (κ1) is 22.0. The SMILES string of the molecule is CN(C)C(=O)c1ccc(Nc2nc(CN3CCOCC3)nc3scc(-c4cccs4)c23)cc1. The van der Waals surface area contributed by atoms with Crippen LogP contribution in [-0.2, 0) is 11.3 Å². The highest BCUT2D eigenvalue weighted by Crippen LogP contribution is 2.39. The number of fused-ring (bicyclic) bond motifs is 1. The van der Waals surface area contributed by atoms with Gasteiger partial charge >= 0.3 is 0 Å². The second-order valence-electron chi connectivity index (χ2n) is 8.09. The van der Waals surface area contributed by atoms with Gasteiger partial charge in [0.25, 0.3) is 5.91 Å². The number of anilines is 2. The van der Waals surface area contributed by atoms with E-state index in [1.54, 1.807) is 41.7 Å². The van der Waals surface area contributed by atoms with Gasteiger partial charge in [-0.1, -0.05) is 6.07 Å². The molecule has 0 bridgehead atoms. The van der Waals surface area contributed by atoms with Crippen molar-refractivity contribution in [2.45, 2.75) is 6.54 Å². The number of benzene rings is 1.